The van der Waals surface area contributed by atoms with Crippen LogP contribution in [0.25, 0.3) is 0 Å². The number of isocyanates is 1. The third-order valence-corrected chi connectivity index (χ3v) is 3.05. The van der Waals surface area contributed by atoms with Gasteiger partial charge in [0.25, 0.3) is 0 Å². The lowest BCUT2D eigenvalue weighted by atomic mass is 9.86. The number of hydrogen-bond acceptors (Lipinski definition) is 2. The Balaban J connectivity index is 2.61. The number of carbonyl (C=O) groups excluding carboxylic acids is 1. The Morgan fingerprint density at radius 1 is 1.43 bits per heavy atom. The minimum Gasteiger partial charge on any atom is -0.211 e. The maximum atomic E-state index is 10.2. The highest BCUT2D eigenvalue weighted by Crippen LogP contribution is 2.41. The molecule has 1 aromatic carbocycles. The van der Waals surface area contributed by atoms with E-state index in [2.05, 4.69) is 24.9 Å². The second-order valence-electron chi connectivity index (χ2n) is 4.39. The van der Waals surface area contributed by atoms with Crippen LogP contribution in [0.15, 0.2) is 23.2 Å². The molecular formula is C12H13NO. The minimum atomic E-state index is 0.226. The number of benzene rings is 1. The molecule has 1 aliphatic rings. The monoisotopic (exact) mass is 187 g/mol. The SMILES string of the molecule is CC1(C)CCc2c(N=C=O)cccc21. The van der Waals surface area contributed by atoms with Crippen LogP contribution in [0.5, 0.6) is 0 Å². The van der Waals surface area contributed by atoms with Crippen molar-refractivity contribution in [3.8, 4) is 0 Å². The van der Waals surface area contributed by atoms with E-state index in [1.54, 1.807) is 6.08 Å². The van der Waals surface area contributed by atoms with E-state index in [4.69, 9.17) is 0 Å². The Kier molecular flexibility index (Phi) is 2.01. The third kappa shape index (κ3) is 1.28. The zero-order valence-electron chi connectivity index (χ0n) is 8.50. The molecule has 0 saturated heterocycles. The Hall–Kier alpha value is -1.40. The van der Waals surface area contributed by atoms with Crippen molar-refractivity contribution in [3.05, 3.63) is 29.3 Å². The van der Waals surface area contributed by atoms with Gasteiger partial charge in [-0.2, -0.15) is 4.99 Å². The summed E-state index contributed by atoms with van der Waals surface area (Å²) in [6.07, 6.45) is 3.77. The fourth-order valence-electron chi connectivity index (χ4n) is 2.20. The molecule has 0 radical (unpaired) electrons. The predicted octanol–water partition coefficient (Wildman–Crippen LogP) is 2.88. The van der Waals surface area contributed by atoms with Gasteiger partial charge in [-0.05, 0) is 35.4 Å². The van der Waals surface area contributed by atoms with Crippen molar-refractivity contribution in [1.29, 1.82) is 0 Å². The van der Waals surface area contributed by atoms with Gasteiger partial charge in [-0.3, -0.25) is 0 Å². The molecule has 0 fully saturated rings. The van der Waals surface area contributed by atoms with Crippen LogP contribution in [-0.4, -0.2) is 6.08 Å². The highest BCUT2D eigenvalue weighted by atomic mass is 16.1. The molecule has 0 atom stereocenters. The van der Waals surface area contributed by atoms with Crippen LogP contribution in [0.3, 0.4) is 0 Å². The third-order valence-electron chi connectivity index (χ3n) is 3.05. The molecule has 0 aliphatic heterocycles. The van der Waals surface area contributed by atoms with Crippen LogP contribution in [-0.2, 0) is 16.6 Å². The van der Waals surface area contributed by atoms with E-state index in [9.17, 15) is 4.79 Å². The van der Waals surface area contributed by atoms with Gasteiger partial charge in [0.1, 0.15) is 0 Å². The van der Waals surface area contributed by atoms with E-state index in [0.29, 0.717) is 0 Å². The van der Waals surface area contributed by atoms with Gasteiger partial charge in [-0.1, -0.05) is 26.0 Å². The summed E-state index contributed by atoms with van der Waals surface area (Å²) < 4.78 is 0. The molecule has 1 aliphatic carbocycles. The molecule has 0 spiro atoms. The molecule has 72 valence electrons. The molecule has 0 heterocycles. The smallest absolute Gasteiger partial charge is 0.211 e. The van der Waals surface area contributed by atoms with Gasteiger partial charge in [-0.25, -0.2) is 4.79 Å². The quantitative estimate of drug-likeness (QED) is 0.491. The van der Waals surface area contributed by atoms with Gasteiger partial charge in [0.15, 0.2) is 0 Å². The lowest BCUT2D eigenvalue weighted by Gasteiger charge is -2.18. The number of hydrogen-bond donors (Lipinski definition) is 0. The standard InChI is InChI=1S/C12H13NO/c1-12(2)7-6-9-10(12)4-3-5-11(9)13-8-14/h3-5H,6-7H2,1-2H3. The van der Waals surface area contributed by atoms with Gasteiger partial charge >= 0.3 is 0 Å². The summed E-state index contributed by atoms with van der Waals surface area (Å²) in [5.74, 6) is 0. The van der Waals surface area contributed by atoms with E-state index in [0.717, 1.165) is 18.5 Å². The van der Waals surface area contributed by atoms with Gasteiger partial charge in [0.2, 0.25) is 6.08 Å². The lowest BCUT2D eigenvalue weighted by Crippen LogP contribution is -2.11. The normalized spacial score (nSPS) is 17.3. The molecule has 0 saturated carbocycles. The largest absolute Gasteiger partial charge is 0.240 e. The summed E-state index contributed by atoms with van der Waals surface area (Å²) in [7, 11) is 0. The second-order valence-corrected chi connectivity index (χ2v) is 4.39. The van der Waals surface area contributed by atoms with E-state index in [1.807, 2.05) is 12.1 Å². The molecule has 1 aromatic rings. The van der Waals surface area contributed by atoms with Gasteiger partial charge < -0.3 is 0 Å². The highest BCUT2D eigenvalue weighted by molar-refractivity contribution is 5.59. The Morgan fingerprint density at radius 2 is 2.21 bits per heavy atom. The summed E-state index contributed by atoms with van der Waals surface area (Å²) in [5.41, 5.74) is 3.57. The van der Waals surface area contributed by atoms with Crippen LogP contribution >= 0.6 is 0 Å². The van der Waals surface area contributed by atoms with Gasteiger partial charge in [0.05, 0.1) is 5.69 Å². The van der Waals surface area contributed by atoms with Crippen molar-refractivity contribution < 1.29 is 4.79 Å². The molecule has 0 N–H and O–H groups in total. The summed E-state index contributed by atoms with van der Waals surface area (Å²) in [6.45, 7) is 4.46. The number of aliphatic imine (C=N–C) groups is 1. The molecule has 0 aromatic heterocycles. The Morgan fingerprint density at radius 3 is 2.93 bits per heavy atom. The van der Waals surface area contributed by atoms with Gasteiger partial charge in [0, 0.05) is 0 Å². The maximum absolute atomic E-state index is 10.2. The lowest BCUT2D eigenvalue weighted by molar-refractivity contribution is 0.522. The van der Waals surface area contributed by atoms with Gasteiger partial charge in [-0.15, -0.1) is 0 Å². The first-order valence-electron chi connectivity index (χ1n) is 4.85. The first kappa shape index (κ1) is 9.17. The van der Waals surface area contributed by atoms with Crippen LogP contribution in [0.4, 0.5) is 5.69 Å². The first-order valence-corrected chi connectivity index (χ1v) is 4.85. The second kappa shape index (κ2) is 3.07. The van der Waals surface area contributed by atoms with Crippen molar-refractivity contribution in [3.63, 3.8) is 0 Å². The van der Waals surface area contributed by atoms with E-state index in [1.165, 1.54) is 11.1 Å². The fourth-order valence-corrected chi connectivity index (χ4v) is 2.20. The Bertz CT molecular complexity index is 414. The molecule has 2 rings (SSSR count). The summed E-state index contributed by atoms with van der Waals surface area (Å²) in [4.78, 5) is 14.0. The van der Waals surface area contributed by atoms with Crippen molar-refractivity contribution >= 4 is 11.8 Å². The molecule has 2 heteroatoms. The van der Waals surface area contributed by atoms with E-state index in [-0.39, 0.29) is 5.41 Å². The molecule has 0 bridgehead atoms. The molecular weight excluding hydrogens is 174 g/mol. The zero-order chi connectivity index (χ0) is 10.2. The first-order chi connectivity index (χ1) is 6.65. The predicted molar refractivity (Wildman–Crippen MR) is 55.6 cm³/mol. The number of rotatable bonds is 1. The van der Waals surface area contributed by atoms with Crippen LogP contribution in [0, 0.1) is 0 Å². The van der Waals surface area contributed by atoms with Crippen molar-refractivity contribution in [2.75, 3.05) is 0 Å². The van der Waals surface area contributed by atoms with Crippen molar-refractivity contribution in [2.45, 2.75) is 32.1 Å². The van der Waals surface area contributed by atoms with Crippen molar-refractivity contribution in [2.24, 2.45) is 4.99 Å². The molecule has 0 unspecified atom stereocenters. The maximum Gasteiger partial charge on any atom is 0.240 e. The zero-order valence-corrected chi connectivity index (χ0v) is 8.50. The summed E-state index contributed by atoms with van der Waals surface area (Å²) in [6, 6.07) is 5.97. The molecule has 0 amide bonds. The fraction of sp³-hybridized carbons (Fsp3) is 0.417. The van der Waals surface area contributed by atoms with Crippen LogP contribution < -0.4 is 0 Å². The van der Waals surface area contributed by atoms with E-state index >= 15 is 0 Å². The number of nitrogens with zero attached hydrogens (tertiary/aromatic N) is 1. The molecule has 2 nitrogen and oxygen atoms in total. The Labute approximate surface area is 83.7 Å². The summed E-state index contributed by atoms with van der Waals surface area (Å²) >= 11 is 0. The highest BCUT2D eigenvalue weighted by Gasteiger charge is 2.30. The average molecular weight is 187 g/mol. The van der Waals surface area contributed by atoms with E-state index < -0.39 is 0 Å². The topological polar surface area (TPSA) is 29.4 Å². The van der Waals surface area contributed by atoms with Crippen molar-refractivity contribution in [1.82, 2.24) is 0 Å². The van der Waals surface area contributed by atoms with Crippen LogP contribution in [0.1, 0.15) is 31.4 Å². The minimum absolute atomic E-state index is 0.226. The average Bonchev–Trinajstić information content (AvgIpc) is 2.45. The summed E-state index contributed by atoms with van der Waals surface area (Å²) in [5, 5.41) is 0. The van der Waals surface area contributed by atoms with Crippen LogP contribution in [0.2, 0.25) is 0 Å². The number of fused-ring (bicyclic) bond motifs is 1. The molecule has 14 heavy (non-hydrogen) atoms.